The van der Waals surface area contributed by atoms with Crippen LogP contribution in [-0.4, -0.2) is 281 Å². The van der Waals surface area contributed by atoms with Crippen LogP contribution in [0.5, 0.6) is 0 Å². The third kappa shape index (κ3) is 19.7. The number of rotatable bonds is 12. The zero-order valence-electron chi connectivity index (χ0n) is 63.2. The summed E-state index contributed by atoms with van der Waals surface area (Å²) in [7, 11) is 11.5. The van der Waals surface area contributed by atoms with Crippen molar-refractivity contribution in [2.45, 2.75) is 266 Å². The summed E-state index contributed by atoms with van der Waals surface area (Å²) in [5.74, 6) is -8.63. The summed E-state index contributed by atoms with van der Waals surface area (Å²) in [4.78, 5) is 192. The molecule has 25 nitrogen and oxygen atoms in total. The molecule has 580 valence electrons. The van der Waals surface area contributed by atoms with Crippen LogP contribution < -0.4 is 16.0 Å². The summed E-state index contributed by atoms with van der Waals surface area (Å²) in [6.45, 7) is 6.15. The highest BCUT2D eigenvalue weighted by Crippen LogP contribution is 2.46. The van der Waals surface area contributed by atoms with Gasteiger partial charge in [0.05, 0.1) is 31.5 Å². The van der Waals surface area contributed by atoms with E-state index in [4.69, 9.17) is 4.74 Å². The van der Waals surface area contributed by atoms with Crippen molar-refractivity contribution in [2.24, 2.45) is 35.5 Å². The molecule has 4 aliphatic carbocycles. The number of alkyl halides is 3. The molecule has 2 bridgehead atoms. The van der Waals surface area contributed by atoms with Crippen LogP contribution in [0.1, 0.15) is 195 Å². The minimum atomic E-state index is -4.42. The first kappa shape index (κ1) is 82.4. The van der Waals surface area contributed by atoms with Crippen LogP contribution >= 0.6 is 11.8 Å². The third-order valence-corrected chi connectivity index (χ3v) is 26.0. The molecule has 8 rings (SSSR count). The number of nitrogens with zero attached hydrogens (tertiary/aromatic N) is 9. The molecular weight excluding hydrogens is 1350 g/mol. The maximum absolute atomic E-state index is 15.7. The van der Waals surface area contributed by atoms with Crippen LogP contribution in [0.2, 0.25) is 0 Å². The molecule has 4 saturated carbocycles. The first-order valence-corrected chi connectivity index (χ1v) is 39.4. The molecular formula is C74H119F3N12O13S. The molecule has 3 N–H and O–H groups in total. The van der Waals surface area contributed by atoms with Gasteiger partial charge >= 0.3 is 6.18 Å². The molecule has 29 heteroatoms. The van der Waals surface area contributed by atoms with Crippen LogP contribution in [0.15, 0.2) is 0 Å². The van der Waals surface area contributed by atoms with Gasteiger partial charge in [0.1, 0.15) is 53.9 Å². The average molecular weight is 1470 g/mol. The number of likely N-dealkylation sites (N-methyl/N-ethyl adjacent to an activating group) is 7. The number of carbonyl (C=O) groups is 12. The summed E-state index contributed by atoms with van der Waals surface area (Å²) in [5, 5.41) is 9.50. The van der Waals surface area contributed by atoms with E-state index in [1.165, 1.54) is 95.6 Å². The van der Waals surface area contributed by atoms with Crippen molar-refractivity contribution in [3.8, 4) is 0 Å². The van der Waals surface area contributed by atoms with E-state index in [9.17, 15) is 41.9 Å². The van der Waals surface area contributed by atoms with Gasteiger partial charge in [0.15, 0.2) is 0 Å². The highest BCUT2D eigenvalue weighted by molar-refractivity contribution is 8.00. The van der Waals surface area contributed by atoms with Crippen molar-refractivity contribution in [1.82, 2.24) is 60.0 Å². The Morgan fingerprint density at radius 2 is 1.29 bits per heavy atom. The van der Waals surface area contributed by atoms with E-state index in [-0.39, 0.29) is 102 Å². The summed E-state index contributed by atoms with van der Waals surface area (Å²) in [6.07, 6.45) is 4.75. The Hall–Kier alpha value is -6.26. The summed E-state index contributed by atoms with van der Waals surface area (Å²) in [5.41, 5.74) is -1.52. The molecule has 13 atom stereocenters. The van der Waals surface area contributed by atoms with Crippen LogP contribution in [-0.2, 0) is 62.3 Å². The molecule has 0 aromatic heterocycles. The number of carbonyl (C=O) groups excluding carboxylic acids is 12. The van der Waals surface area contributed by atoms with E-state index in [2.05, 4.69) is 16.0 Å². The van der Waals surface area contributed by atoms with Gasteiger partial charge in [-0.3, -0.25) is 57.5 Å². The fourth-order valence-corrected chi connectivity index (χ4v) is 19.2. The van der Waals surface area contributed by atoms with Gasteiger partial charge in [-0.05, 0) is 164 Å². The monoisotopic (exact) mass is 1470 g/mol. The molecule has 3 unspecified atom stereocenters. The molecule has 8 fully saturated rings. The van der Waals surface area contributed by atoms with E-state index in [1.807, 2.05) is 18.7 Å². The number of hydrogen-bond acceptors (Lipinski definition) is 14. The lowest BCUT2D eigenvalue weighted by Crippen LogP contribution is -2.68. The molecule has 103 heavy (non-hydrogen) atoms. The molecule has 0 radical (unpaired) electrons. The number of hydrogen-bond donors (Lipinski definition) is 3. The molecule has 4 saturated heterocycles. The molecule has 0 aromatic carbocycles. The quantitative estimate of drug-likeness (QED) is 0.215. The smallest absolute Gasteiger partial charge is 0.377 e. The summed E-state index contributed by atoms with van der Waals surface area (Å²) < 4.78 is 48.6. The molecule has 4 aliphatic heterocycles. The maximum Gasteiger partial charge on any atom is 0.391 e. The Labute approximate surface area is 611 Å². The Morgan fingerprint density at radius 3 is 1.91 bits per heavy atom. The van der Waals surface area contributed by atoms with Crippen LogP contribution in [0.3, 0.4) is 0 Å². The van der Waals surface area contributed by atoms with Gasteiger partial charge in [0, 0.05) is 87.7 Å². The fraction of sp³-hybridized carbons (Fsp3) is 0.838. The lowest BCUT2D eigenvalue weighted by atomic mass is 9.74. The van der Waals surface area contributed by atoms with Crippen LogP contribution in [0, 0.1) is 35.5 Å². The first-order valence-electron chi connectivity index (χ1n) is 38.3. The number of ether oxygens (including phenoxy) is 1. The highest BCUT2D eigenvalue weighted by atomic mass is 32.2. The molecule has 8 aliphatic rings. The topological polar surface area (TPSA) is 279 Å². The molecule has 0 aromatic rings. The van der Waals surface area contributed by atoms with Crippen molar-refractivity contribution in [3.05, 3.63) is 0 Å². The van der Waals surface area contributed by atoms with Gasteiger partial charge < -0.3 is 64.8 Å². The average Bonchev–Trinajstić information content (AvgIpc) is 1.74. The summed E-state index contributed by atoms with van der Waals surface area (Å²) in [6, 6.07) is -9.85. The van der Waals surface area contributed by atoms with Crippen molar-refractivity contribution < 1.29 is 75.4 Å². The number of nitrogens with one attached hydrogen (secondary N) is 3. The van der Waals surface area contributed by atoms with Gasteiger partial charge in [-0.2, -0.15) is 24.9 Å². The van der Waals surface area contributed by atoms with E-state index < -0.39 is 174 Å². The van der Waals surface area contributed by atoms with E-state index in [1.54, 1.807) is 20.8 Å². The first-order chi connectivity index (χ1) is 48.7. The van der Waals surface area contributed by atoms with E-state index in [0.29, 0.717) is 62.5 Å². The Balaban J connectivity index is 1.18. The number of amides is 12. The zero-order valence-corrected chi connectivity index (χ0v) is 64.1. The number of thioether (sulfide) groups is 1. The maximum atomic E-state index is 15.7. The fourth-order valence-electron chi connectivity index (χ4n) is 17.6. The minimum Gasteiger partial charge on any atom is -0.377 e. The molecule has 1 spiro atoms. The minimum absolute atomic E-state index is 0.0332. The summed E-state index contributed by atoms with van der Waals surface area (Å²) >= 11 is 1.99. The number of fused-ring (bicyclic) bond motifs is 4. The molecule has 12 amide bonds. The second-order valence-electron chi connectivity index (χ2n) is 31.5. The lowest BCUT2D eigenvalue weighted by Gasteiger charge is -2.46. The normalized spacial score (nSPS) is 32.4. The third-order valence-electron chi connectivity index (χ3n) is 24.5. The van der Waals surface area contributed by atoms with Crippen molar-refractivity contribution in [1.29, 1.82) is 0 Å². The van der Waals surface area contributed by atoms with Crippen molar-refractivity contribution in [3.63, 3.8) is 0 Å². The standard InChI is InChI=1S/C74H119F3N12O13S/c1-13-45(4)62-70(99)83(8)44-61(92)85(10)54-24-17-16-20-36-88(69(54)98)57(39-47-25-29-50(30-26-47)74(75,76)77)68(97)82(7)43-59(90)78-52(31-27-46-28-32-58-49(38-46)33-37-103-58)66(95)89-42-51(102-15-3)40-55(89)65(94)80-73(34-21-35-73)72(101)87(12)63(48-22-18-19-23-48)71(100)86(11)56(67(96)81(5)6)41-60(91)84(9)53(14-2)64(93)79-62/h45-58,62-63H,13-44H2,1-12H3,(H,78,90)(H,79,93)(H,80,94)/t45-,46?,47?,49?,50?,51+,52-,53-,54-,55-,56-,57-,58?,62-,63-/m0/s1. The van der Waals surface area contributed by atoms with Gasteiger partial charge in [-0.1, -0.05) is 52.9 Å². The highest BCUT2D eigenvalue weighted by Gasteiger charge is 2.54. The van der Waals surface area contributed by atoms with Gasteiger partial charge in [-0.25, -0.2) is 0 Å². The Kier molecular flexibility index (Phi) is 29.1. The van der Waals surface area contributed by atoms with E-state index in [0.717, 1.165) is 49.2 Å². The predicted octanol–water partition coefficient (Wildman–Crippen LogP) is 5.60. The van der Waals surface area contributed by atoms with Crippen molar-refractivity contribution in [2.75, 3.05) is 94.9 Å². The Morgan fingerprint density at radius 1 is 0.631 bits per heavy atom. The van der Waals surface area contributed by atoms with Gasteiger partial charge in [-0.15, -0.1) is 0 Å². The second-order valence-corrected chi connectivity index (χ2v) is 32.8. The zero-order chi connectivity index (χ0) is 75.5. The van der Waals surface area contributed by atoms with E-state index >= 15 is 28.8 Å². The van der Waals surface area contributed by atoms with Gasteiger partial charge in [0.2, 0.25) is 70.9 Å². The lowest BCUT2D eigenvalue weighted by molar-refractivity contribution is -0.184. The number of halogens is 3. The van der Waals surface area contributed by atoms with Crippen LogP contribution in [0.25, 0.3) is 0 Å². The van der Waals surface area contributed by atoms with Crippen molar-refractivity contribution >= 4 is 82.6 Å². The van der Waals surface area contributed by atoms with Crippen LogP contribution in [0.4, 0.5) is 13.2 Å². The SMILES string of the molecule is CCO[C@@H]1C[C@H]2C(=O)NC3(CCC3)C(=O)N(C)[C@@H](C3CCCC3)C(=O)N(C)[C@H](C(=O)N(C)C)CC(=O)N(C)[C@@H](CC)C(=O)N[C@@H]([C@@H](C)CC)C(=O)N(C)CC(=O)N(C)[C@H]3CCCCCN(C3=O)[C@@H](CC3CCC(C(F)(F)F)CC3)C(=O)N(C)CC(=O)N[C@@H](CCC3CCC4SCCC4C3)C(=O)N2C1. The van der Waals surface area contributed by atoms with Gasteiger partial charge in [0.25, 0.3) is 0 Å². The second kappa shape index (κ2) is 36.4. The largest absolute Gasteiger partial charge is 0.391 e. The Bertz CT molecular complexity index is 3040. The molecule has 4 heterocycles. The predicted molar refractivity (Wildman–Crippen MR) is 382 cm³/mol.